The second-order valence-electron chi connectivity index (χ2n) is 6.94. The van der Waals surface area contributed by atoms with Crippen molar-refractivity contribution in [3.05, 3.63) is 101 Å². The predicted molar refractivity (Wildman–Crippen MR) is 119 cm³/mol. The van der Waals surface area contributed by atoms with Crippen LogP contribution in [0.4, 0.5) is 11.5 Å². The molecule has 5 nitrogen and oxygen atoms in total. The van der Waals surface area contributed by atoms with Crippen LogP contribution in [0.25, 0.3) is 5.69 Å². The minimum absolute atomic E-state index is 0.416. The van der Waals surface area contributed by atoms with Gasteiger partial charge in [0.15, 0.2) is 5.82 Å². The van der Waals surface area contributed by atoms with E-state index in [-0.39, 0.29) is 0 Å². The maximum atomic E-state index is 12.4. The van der Waals surface area contributed by atoms with Crippen LogP contribution in [0.3, 0.4) is 0 Å². The molecule has 0 atom stereocenters. The number of hydrogen-bond donors (Lipinski definition) is 1. The van der Waals surface area contributed by atoms with Crippen LogP contribution in [0.1, 0.15) is 21.5 Å². The first kappa shape index (κ1) is 19.7. The fourth-order valence-corrected chi connectivity index (χ4v) is 3.31. The Hall–Kier alpha value is -3.57. The molecule has 0 bridgehead atoms. The van der Waals surface area contributed by atoms with Gasteiger partial charge in [-0.1, -0.05) is 29.8 Å². The molecule has 1 aromatic heterocycles. The number of carbonyl (C=O) groups excluding carboxylic acids is 1. The van der Waals surface area contributed by atoms with E-state index < -0.39 is 5.97 Å². The van der Waals surface area contributed by atoms with E-state index in [2.05, 4.69) is 10.4 Å². The third-order valence-corrected chi connectivity index (χ3v) is 4.87. The summed E-state index contributed by atoms with van der Waals surface area (Å²) in [7, 11) is 0. The van der Waals surface area contributed by atoms with Gasteiger partial charge < -0.3 is 10.1 Å². The number of aryl methyl sites for hydroxylation is 2. The highest BCUT2D eigenvalue weighted by molar-refractivity contribution is 6.30. The predicted octanol–water partition coefficient (Wildman–Crippen LogP) is 6.11. The number of esters is 1. The van der Waals surface area contributed by atoms with E-state index >= 15 is 0 Å². The summed E-state index contributed by atoms with van der Waals surface area (Å²) in [5.74, 6) is 0.860. The van der Waals surface area contributed by atoms with E-state index in [1.165, 1.54) is 0 Å². The third kappa shape index (κ3) is 4.36. The van der Waals surface area contributed by atoms with E-state index in [4.69, 9.17) is 16.3 Å². The van der Waals surface area contributed by atoms with Gasteiger partial charge in [0.1, 0.15) is 5.75 Å². The smallest absolute Gasteiger partial charge is 0.343 e. The maximum Gasteiger partial charge on any atom is 0.343 e. The molecule has 0 aliphatic rings. The molecule has 1 heterocycles. The average molecular weight is 418 g/mol. The molecule has 0 unspecified atom stereocenters. The van der Waals surface area contributed by atoms with Gasteiger partial charge in [0, 0.05) is 23.0 Å². The summed E-state index contributed by atoms with van der Waals surface area (Å²) in [5, 5.41) is 8.44. The van der Waals surface area contributed by atoms with Crippen LogP contribution in [0.15, 0.2) is 79.0 Å². The van der Waals surface area contributed by atoms with Crippen molar-refractivity contribution in [2.75, 3.05) is 5.32 Å². The SMILES string of the molecule is Cc1cc(Nc2ccn(-c3ccccc3)n2)cc(C)c1OC(=O)c1ccc(Cl)cc1. The summed E-state index contributed by atoms with van der Waals surface area (Å²) < 4.78 is 7.45. The molecule has 3 aromatic carbocycles. The Balaban J connectivity index is 1.51. The van der Waals surface area contributed by atoms with Crippen LogP contribution in [0.5, 0.6) is 5.75 Å². The van der Waals surface area contributed by atoms with Gasteiger partial charge in [-0.3, -0.25) is 0 Å². The molecule has 0 fully saturated rings. The molecule has 1 N–H and O–H groups in total. The van der Waals surface area contributed by atoms with Gasteiger partial charge in [0.05, 0.1) is 11.3 Å². The van der Waals surface area contributed by atoms with Crippen LogP contribution < -0.4 is 10.1 Å². The number of para-hydroxylation sites is 1. The number of anilines is 2. The Morgan fingerprint density at radius 1 is 0.967 bits per heavy atom. The van der Waals surface area contributed by atoms with Gasteiger partial charge in [-0.25, -0.2) is 9.48 Å². The Bertz CT molecular complexity index is 1160. The van der Waals surface area contributed by atoms with Gasteiger partial charge in [-0.2, -0.15) is 5.10 Å². The lowest BCUT2D eigenvalue weighted by atomic mass is 10.1. The largest absolute Gasteiger partial charge is 0.422 e. The molecule has 0 aliphatic carbocycles. The zero-order valence-electron chi connectivity index (χ0n) is 16.6. The fourth-order valence-electron chi connectivity index (χ4n) is 3.18. The van der Waals surface area contributed by atoms with Gasteiger partial charge >= 0.3 is 5.97 Å². The van der Waals surface area contributed by atoms with Crippen LogP contribution in [0, 0.1) is 13.8 Å². The normalized spacial score (nSPS) is 10.6. The van der Waals surface area contributed by atoms with Gasteiger partial charge in [-0.15, -0.1) is 0 Å². The minimum Gasteiger partial charge on any atom is -0.422 e. The van der Waals surface area contributed by atoms with Crippen LogP contribution in [0.2, 0.25) is 5.02 Å². The first-order valence-corrected chi connectivity index (χ1v) is 9.84. The molecule has 4 aromatic rings. The Kier molecular flexibility index (Phi) is 5.55. The second kappa shape index (κ2) is 8.43. The Morgan fingerprint density at radius 2 is 1.63 bits per heavy atom. The fraction of sp³-hybridized carbons (Fsp3) is 0.0833. The number of ether oxygens (including phenoxy) is 1. The van der Waals surface area contributed by atoms with E-state index in [9.17, 15) is 4.79 Å². The van der Waals surface area contributed by atoms with Crippen molar-refractivity contribution in [3.8, 4) is 11.4 Å². The first-order chi connectivity index (χ1) is 14.5. The van der Waals surface area contributed by atoms with Crippen LogP contribution >= 0.6 is 11.6 Å². The zero-order chi connectivity index (χ0) is 21.1. The molecule has 30 heavy (non-hydrogen) atoms. The molecular weight excluding hydrogens is 398 g/mol. The Labute approximate surface area is 179 Å². The minimum atomic E-state index is -0.416. The molecule has 0 amide bonds. The molecule has 0 aliphatic heterocycles. The zero-order valence-corrected chi connectivity index (χ0v) is 17.4. The molecule has 0 saturated carbocycles. The number of nitrogens with zero attached hydrogens (tertiary/aromatic N) is 2. The van der Waals surface area contributed by atoms with E-state index in [1.54, 1.807) is 24.3 Å². The molecule has 4 rings (SSSR count). The first-order valence-electron chi connectivity index (χ1n) is 9.47. The van der Waals surface area contributed by atoms with Crippen LogP contribution in [-0.2, 0) is 0 Å². The van der Waals surface area contributed by atoms with Crippen molar-refractivity contribution in [1.82, 2.24) is 9.78 Å². The average Bonchev–Trinajstić information content (AvgIpc) is 3.20. The lowest BCUT2D eigenvalue weighted by molar-refractivity contribution is 0.0732. The number of nitrogens with one attached hydrogen (secondary N) is 1. The molecule has 6 heteroatoms. The number of rotatable bonds is 5. The second-order valence-corrected chi connectivity index (χ2v) is 7.38. The quantitative estimate of drug-likeness (QED) is 0.314. The standard InChI is InChI=1S/C24H20ClN3O2/c1-16-14-20(26-22-12-13-28(27-22)21-6-4-3-5-7-21)15-17(2)23(16)30-24(29)18-8-10-19(25)11-9-18/h3-15H,1-2H3,(H,26,27). The molecule has 0 spiro atoms. The molecule has 0 saturated heterocycles. The van der Waals surface area contributed by atoms with Crippen molar-refractivity contribution in [2.24, 2.45) is 0 Å². The number of benzene rings is 3. The summed E-state index contributed by atoms with van der Waals surface area (Å²) in [5.41, 5.74) is 4.01. The third-order valence-electron chi connectivity index (χ3n) is 4.62. The number of halogens is 1. The number of hydrogen-bond acceptors (Lipinski definition) is 4. The maximum absolute atomic E-state index is 12.4. The van der Waals surface area contributed by atoms with Crippen LogP contribution in [-0.4, -0.2) is 15.7 Å². The lowest BCUT2D eigenvalue weighted by Gasteiger charge is -2.13. The van der Waals surface area contributed by atoms with Crippen molar-refractivity contribution in [2.45, 2.75) is 13.8 Å². The number of aromatic nitrogens is 2. The summed E-state index contributed by atoms with van der Waals surface area (Å²) in [4.78, 5) is 12.4. The van der Waals surface area contributed by atoms with Crippen molar-refractivity contribution >= 4 is 29.1 Å². The van der Waals surface area contributed by atoms with E-state index in [0.29, 0.717) is 16.3 Å². The molecule has 0 radical (unpaired) electrons. The van der Waals surface area contributed by atoms with Gasteiger partial charge in [-0.05, 0) is 73.5 Å². The summed E-state index contributed by atoms with van der Waals surface area (Å²) in [6.45, 7) is 3.82. The Morgan fingerprint density at radius 3 is 2.30 bits per heavy atom. The number of carbonyl (C=O) groups is 1. The molecular formula is C24H20ClN3O2. The summed E-state index contributed by atoms with van der Waals surface area (Å²) >= 11 is 5.88. The van der Waals surface area contributed by atoms with Crippen molar-refractivity contribution < 1.29 is 9.53 Å². The highest BCUT2D eigenvalue weighted by Crippen LogP contribution is 2.29. The van der Waals surface area contributed by atoms with Gasteiger partial charge in [0.2, 0.25) is 0 Å². The summed E-state index contributed by atoms with van der Waals surface area (Å²) in [6, 6.07) is 22.3. The highest BCUT2D eigenvalue weighted by atomic mass is 35.5. The highest BCUT2D eigenvalue weighted by Gasteiger charge is 2.14. The van der Waals surface area contributed by atoms with Crippen molar-refractivity contribution in [3.63, 3.8) is 0 Å². The lowest BCUT2D eigenvalue weighted by Crippen LogP contribution is -2.10. The molecule has 150 valence electrons. The van der Waals surface area contributed by atoms with Crippen molar-refractivity contribution in [1.29, 1.82) is 0 Å². The summed E-state index contributed by atoms with van der Waals surface area (Å²) in [6.07, 6.45) is 1.90. The van der Waals surface area contributed by atoms with E-state index in [0.717, 1.165) is 28.3 Å². The van der Waals surface area contributed by atoms with Gasteiger partial charge in [0.25, 0.3) is 0 Å². The van der Waals surface area contributed by atoms with E-state index in [1.807, 2.05) is 73.3 Å². The topological polar surface area (TPSA) is 56.1 Å². The monoisotopic (exact) mass is 417 g/mol.